The Bertz CT molecular complexity index is 393. The fourth-order valence-electron chi connectivity index (χ4n) is 2.50. The molecular formula is C10H18F2N2O2S. The summed E-state index contributed by atoms with van der Waals surface area (Å²) in [7, 11) is -0.701. The summed E-state index contributed by atoms with van der Waals surface area (Å²) in [5.41, 5.74) is -0.164. The molecule has 2 fully saturated rings. The van der Waals surface area contributed by atoms with Crippen LogP contribution in [0.1, 0.15) is 19.3 Å². The zero-order valence-corrected chi connectivity index (χ0v) is 10.9. The Morgan fingerprint density at radius 2 is 1.94 bits per heavy atom. The lowest BCUT2D eigenvalue weighted by atomic mass is 9.88. The Morgan fingerprint density at radius 1 is 1.35 bits per heavy atom. The van der Waals surface area contributed by atoms with Gasteiger partial charge in [0.25, 0.3) is 10.2 Å². The molecule has 1 heterocycles. The molecule has 0 bridgehead atoms. The molecule has 100 valence electrons. The number of hydrogen-bond donors (Lipinski definition) is 0. The summed E-state index contributed by atoms with van der Waals surface area (Å²) in [5.74, 6) is -0.819. The average molecular weight is 268 g/mol. The highest BCUT2D eigenvalue weighted by Crippen LogP contribution is 2.54. The predicted molar refractivity (Wildman–Crippen MR) is 60.0 cm³/mol. The quantitative estimate of drug-likeness (QED) is 0.770. The Kier molecular flexibility index (Phi) is 3.20. The molecule has 7 heteroatoms. The summed E-state index contributed by atoms with van der Waals surface area (Å²) in [6, 6.07) is 0. The lowest BCUT2D eigenvalue weighted by molar-refractivity contribution is 0.0237. The number of piperidine rings is 1. The maximum Gasteiger partial charge on any atom is 0.281 e. The third kappa shape index (κ3) is 2.46. The Balaban J connectivity index is 2.18. The molecule has 1 saturated carbocycles. The van der Waals surface area contributed by atoms with Crippen molar-refractivity contribution in [2.45, 2.75) is 25.7 Å². The largest absolute Gasteiger partial charge is 0.281 e. The first-order chi connectivity index (χ1) is 7.77. The highest BCUT2D eigenvalue weighted by atomic mass is 32.2. The monoisotopic (exact) mass is 268 g/mol. The van der Waals surface area contributed by atoms with Gasteiger partial charge in [-0.15, -0.1) is 0 Å². The lowest BCUT2D eigenvalue weighted by Gasteiger charge is -2.38. The van der Waals surface area contributed by atoms with E-state index in [1.165, 1.54) is 18.4 Å². The molecule has 0 amide bonds. The van der Waals surface area contributed by atoms with Crippen molar-refractivity contribution < 1.29 is 17.2 Å². The summed E-state index contributed by atoms with van der Waals surface area (Å²) >= 11 is 0. The van der Waals surface area contributed by atoms with Gasteiger partial charge in [0.15, 0.2) is 0 Å². The molecule has 2 aliphatic rings. The minimum absolute atomic E-state index is 0.0556. The molecule has 1 aliphatic heterocycles. The first kappa shape index (κ1) is 13.2. The maximum atomic E-state index is 12.8. The second kappa shape index (κ2) is 4.13. The number of halogens is 2. The van der Waals surface area contributed by atoms with Crippen LogP contribution in [-0.4, -0.2) is 50.6 Å². The van der Waals surface area contributed by atoms with Gasteiger partial charge >= 0.3 is 0 Å². The first-order valence-corrected chi connectivity index (χ1v) is 7.12. The van der Waals surface area contributed by atoms with Gasteiger partial charge in [-0.3, -0.25) is 0 Å². The second-order valence-corrected chi connectivity index (χ2v) is 7.52. The lowest BCUT2D eigenvalue weighted by Crippen LogP contribution is -2.50. The van der Waals surface area contributed by atoms with Gasteiger partial charge in [0, 0.05) is 33.1 Å². The summed E-state index contributed by atoms with van der Waals surface area (Å²) in [6.45, 7) is 0.344. The van der Waals surface area contributed by atoms with Gasteiger partial charge in [-0.25, -0.2) is 8.78 Å². The molecule has 0 aromatic carbocycles. The Hall–Kier alpha value is -0.270. The maximum absolute atomic E-state index is 12.8. The fourth-order valence-corrected chi connectivity index (χ4v) is 3.78. The SMILES string of the molecule is CN(C)S(=O)(=O)N1C[C@H](C(F)F)CC2(CC2)C1. The molecule has 4 nitrogen and oxygen atoms in total. The molecule has 0 aromatic heterocycles. The number of hydrogen-bond acceptors (Lipinski definition) is 2. The van der Waals surface area contributed by atoms with E-state index >= 15 is 0 Å². The molecule has 1 spiro atoms. The van der Waals surface area contributed by atoms with Crippen LogP contribution in [0.5, 0.6) is 0 Å². The normalized spacial score (nSPS) is 29.2. The smallest absolute Gasteiger partial charge is 0.210 e. The van der Waals surface area contributed by atoms with Crippen molar-refractivity contribution in [2.24, 2.45) is 11.3 Å². The van der Waals surface area contributed by atoms with Gasteiger partial charge in [0.1, 0.15) is 0 Å². The van der Waals surface area contributed by atoms with Crippen molar-refractivity contribution in [2.75, 3.05) is 27.2 Å². The van der Waals surface area contributed by atoms with Crippen LogP contribution in [-0.2, 0) is 10.2 Å². The molecular weight excluding hydrogens is 250 g/mol. The van der Waals surface area contributed by atoms with E-state index in [4.69, 9.17) is 0 Å². The third-order valence-electron chi connectivity index (χ3n) is 3.75. The van der Waals surface area contributed by atoms with Crippen LogP contribution < -0.4 is 0 Å². The zero-order valence-electron chi connectivity index (χ0n) is 10.1. The molecule has 1 atom stereocenters. The first-order valence-electron chi connectivity index (χ1n) is 5.73. The van der Waals surface area contributed by atoms with E-state index in [0.29, 0.717) is 13.0 Å². The molecule has 0 N–H and O–H groups in total. The Morgan fingerprint density at radius 3 is 2.35 bits per heavy atom. The van der Waals surface area contributed by atoms with Crippen molar-refractivity contribution in [3.05, 3.63) is 0 Å². The summed E-state index contributed by atoms with van der Waals surface area (Å²) in [4.78, 5) is 0. The van der Waals surface area contributed by atoms with Crippen molar-refractivity contribution in [1.82, 2.24) is 8.61 Å². The molecule has 1 aliphatic carbocycles. The van der Waals surface area contributed by atoms with Crippen molar-refractivity contribution >= 4 is 10.2 Å². The summed E-state index contributed by atoms with van der Waals surface area (Å²) in [5, 5.41) is 0. The van der Waals surface area contributed by atoms with E-state index in [2.05, 4.69) is 0 Å². The van der Waals surface area contributed by atoms with Crippen LogP contribution in [0, 0.1) is 11.3 Å². The van der Waals surface area contributed by atoms with Gasteiger partial charge in [-0.2, -0.15) is 17.0 Å². The molecule has 2 rings (SSSR count). The van der Waals surface area contributed by atoms with Crippen LogP contribution in [0.15, 0.2) is 0 Å². The van der Waals surface area contributed by atoms with Gasteiger partial charge in [0.2, 0.25) is 6.43 Å². The highest BCUT2D eigenvalue weighted by molar-refractivity contribution is 7.86. The molecule has 0 radical (unpaired) electrons. The fraction of sp³-hybridized carbons (Fsp3) is 1.00. The zero-order chi connectivity index (χ0) is 12.8. The number of nitrogens with zero attached hydrogens (tertiary/aromatic N) is 2. The number of alkyl halides is 2. The van der Waals surface area contributed by atoms with E-state index < -0.39 is 22.6 Å². The average Bonchev–Trinajstić information content (AvgIpc) is 2.96. The van der Waals surface area contributed by atoms with E-state index in [1.54, 1.807) is 0 Å². The van der Waals surface area contributed by atoms with E-state index in [0.717, 1.165) is 17.1 Å². The molecule has 0 aromatic rings. The minimum atomic E-state index is -3.56. The molecule has 0 unspecified atom stereocenters. The van der Waals surface area contributed by atoms with Crippen molar-refractivity contribution in [3.63, 3.8) is 0 Å². The Labute approximate surface area is 101 Å². The number of rotatable bonds is 3. The van der Waals surface area contributed by atoms with Crippen molar-refractivity contribution in [3.8, 4) is 0 Å². The predicted octanol–water partition coefficient (Wildman–Crippen LogP) is 1.16. The highest BCUT2D eigenvalue weighted by Gasteiger charge is 2.52. The van der Waals surface area contributed by atoms with Crippen LogP contribution in [0.25, 0.3) is 0 Å². The van der Waals surface area contributed by atoms with Gasteiger partial charge < -0.3 is 0 Å². The standard InChI is InChI=1S/C10H18F2N2O2S/c1-13(2)17(15,16)14-6-8(9(11)12)5-10(7-14)3-4-10/h8-9H,3-7H2,1-2H3/t8-/m1/s1. The topological polar surface area (TPSA) is 40.6 Å². The van der Waals surface area contributed by atoms with E-state index in [-0.39, 0.29) is 12.0 Å². The second-order valence-electron chi connectivity index (χ2n) is 5.38. The molecule has 1 saturated heterocycles. The summed E-state index contributed by atoms with van der Waals surface area (Å²) < 4.78 is 51.9. The van der Waals surface area contributed by atoms with Crippen LogP contribution in [0.3, 0.4) is 0 Å². The van der Waals surface area contributed by atoms with Crippen LogP contribution >= 0.6 is 0 Å². The molecule has 17 heavy (non-hydrogen) atoms. The van der Waals surface area contributed by atoms with Gasteiger partial charge in [-0.1, -0.05) is 0 Å². The van der Waals surface area contributed by atoms with Crippen LogP contribution in [0.4, 0.5) is 8.78 Å². The van der Waals surface area contributed by atoms with Crippen molar-refractivity contribution in [1.29, 1.82) is 0 Å². The minimum Gasteiger partial charge on any atom is -0.210 e. The third-order valence-corrected chi connectivity index (χ3v) is 5.60. The van der Waals surface area contributed by atoms with Gasteiger partial charge in [-0.05, 0) is 24.7 Å². The van der Waals surface area contributed by atoms with Gasteiger partial charge in [0.05, 0.1) is 0 Å². The van der Waals surface area contributed by atoms with E-state index in [1.807, 2.05) is 0 Å². The van der Waals surface area contributed by atoms with Crippen LogP contribution in [0.2, 0.25) is 0 Å². The summed E-state index contributed by atoms with van der Waals surface area (Å²) in [6.07, 6.45) is -0.234. The van der Waals surface area contributed by atoms with E-state index in [9.17, 15) is 17.2 Å².